The summed E-state index contributed by atoms with van der Waals surface area (Å²) in [4.78, 5) is 11.7. The van der Waals surface area contributed by atoms with Gasteiger partial charge in [-0.1, -0.05) is 25.7 Å². The van der Waals surface area contributed by atoms with E-state index in [4.69, 9.17) is 0 Å². The Labute approximate surface area is 108 Å². The lowest BCUT2D eigenvalue weighted by molar-refractivity contribution is -0.150. The number of carboxylic acids is 1. The van der Waals surface area contributed by atoms with Gasteiger partial charge < -0.3 is 5.11 Å². The van der Waals surface area contributed by atoms with Gasteiger partial charge in [-0.2, -0.15) is 5.10 Å². The molecule has 0 amide bonds. The van der Waals surface area contributed by atoms with Crippen LogP contribution in [0.2, 0.25) is 0 Å². The number of rotatable bonds is 3. The minimum atomic E-state index is -0.636. The standard InChI is InChI=1S/C14H22N2O2/c1-11-9-12(16(2)15-11)10-14(13(17)18)7-5-3-4-6-8-14/h9H,3-8,10H2,1-2H3,(H,17,18). The highest BCUT2D eigenvalue weighted by Crippen LogP contribution is 2.38. The third-order valence-corrected chi connectivity index (χ3v) is 4.13. The molecular weight excluding hydrogens is 228 g/mol. The van der Waals surface area contributed by atoms with E-state index in [1.807, 2.05) is 24.7 Å². The van der Waals surface area contributed by atoms with Crippen molar-refractivity contribution >= 4 is 5.97 Å². The predicted molar refractivity (Wildman–Crippen MR) is 69.4 cm³/mol. The molecule has 100 valence electrons. The van der Waals surface area contributed by atoms with E-state index in [1.165, 1.54) is 12.8 Å². The molecule has 2 rings (SSSR count). The zero-order chi connectivity index (χ0) is 13.2. The fourth-order valence-corrected chi connectivity index (χ4v) is 3.05. The summed E-state index contributed by atoms with van der Waals surface area (Å²) < 4.78 is 1.82. The molecule has 0 spiro atoms. The maximum Gasteiger partial charge on any atom is 0.310 e. The topological polar surface area (TPSA) is 55.1 Å². The van der Waals surface area contributed by atoms with Crippen molar-refractivity contribution in [2.75, 3.05) is 0 Å². The Morgan fingerprint density at radius 1 is 1.39 bits per heavy atom. The molecular formula is C14H22N2O2. The van der Waals surface area contributed by atoms with E-state index in [9.17, 15) is 9.90 Å². The first kappa shape index (κ1) is 13.1. The first-order valence-electron chi connectivity index (χ1n) is 6.76. The lowest BCUT2D eigenvalue weighted by Gasteiger charge is -2.27. The summed E-state index contributed by atoms with van der Waals surface area (Å²) in [6.07, 6.45) is 6.60. The smallest absolute Gasteiger partial charge is 0.310 e. The van der Waals surface area contributed by atoms with Gasteiger partial charge in [0.15, 0.2) is 0 Å². The van der Waals surface area contributed by atoms with Crippen LogP contribution in [0.4, 0.5) is 0 Å². The van der Waals surface area contributed by atoms with Gasteiger partial charge in [-0.15, -0.1) is 0 Å². The van der Waals surface area contributed by atoms with Crippen molar-refractivity contribution in [2.24, 2.45) is 12.5 Å². The van der Waals surface area contributed by atoms with Crippen molar-refractivity contribution in [3.63, 3.8) is 0 Å². The summed E-state index contributed by atoms with van der Waals surface area (Å²) in [6, 6.07) is 2.01. The average molecular weight is 250 g/mol. The van der Waals surface area contributed by atoms with Gasteiger partial charge in [0.25, 0.3) is 0 Å². The summed E-state index contributed by atoms with van der Waals surface area (Å²) in [6.45, 7) is 1.95. The molecule has 1 heterocycles. The molecule has 1 aliphatic carbocycles. The van der Waals surface area contributed by atoms with Crippen molar-refractivity contribution in [3.8, 4) is 0 Å². The van der Waals surface area contributed by atoms with Gasteiger partial charge in [0, 0.05) is 19.2 Å². The fraction of sp³-hybridized carbons (Fsp3) is 0.714. The van der Waals surface area contributed by atoms with Crippen LogP contribution < -0.4 is 0 Å². The first-order chi connectivity index (χ1) is 8.53. The molecule has 0 aromatic carbocycles. The molecule has 18 heavy (non-hydrogen) atoms. The number of aliphatic carboxylic acids is 1. The molecule has 1 aliphatic rings. The van der Waals surface area contributed by atoms with Crippen LogP contribution in [0.5, 0.6) is 0 Å². The Balaban J connectivity index is 2.25. The highest BCUT2D eigenvalue weighted by molar-refractivity contribution is 5.75. The number of carboxylic acid groups (broad SMARTS) is 1. The second-order valence-electron chi connectivity index (χ2n) is 5.58. The lowest BCUT2D eigenvalue weighted by Crippen LogP contribution is -2.33. The second-order valence-corrected chi connectivity index (χ2v) is 5.58. The summed E-state index contributed by atoms with van der Waals surface area (Å²) in [5.74, 6) is -0.636. The number of carbonyl (C=O) groups is 1. The molecule has 4 heteroatoms. The normalized spacial score (nSPS) is 19.4. The van der Waals surface area contributed by atoms with Crippen LogP contribution >= 0.6 is 0 Å². The summed E-state index contributed by atoms with van der Waals surface area (Å²) in [5.41, 5.74) is 1.43. The molecule has 1 N–H and O–H groups in total. The molecule has 0 atom stereocenters. The molecule has 1 aromatic rings. The van der Waals surface area contributed by atoms with Gasteiger partial charge in [0.1, 0.15) is 0 Å². The van der Waals surface area contributed by atoms with Crippen LogP contribution in [0, 0.1) is 12.3 Å². The van der Waals surface area contributed by atoms with Crippen molar-refractivity contribution in [2.45, 2.75) is 51.9 Å². The Kier molecular flexibility index (Phi) is 3.73. The highest BCUT2D eigenvalue weighted by atomic mass is 16.4. The number of nitrogens with zero attached hydrogens (tertiary/aromatic N) is 2. The van der Waals surface area contributed by atoms with Crippen molar-refractivity contribution in [3.05, 3.63) is 17.5 Å². The van der Waals surface area contributed by atoms with Crippen molar-refractivity contribution in [1.82, 2.24) is 9.78 Å². The van der Waals surface area contributed by atoms with Crippen molar-refractivity contribution < 1.29 is 9.90 Å². The van der Waals surface area contributed by atoms with Crippen LogP contribution in [-0.2, 0) is 18.3 Å². The minimum absolute atomic E-state index is 0.573. The van der Waals surface area contributed by atoms with Crippen LogP contribution in [0.1, 0.15) is 49.9 Å². The van der Waals surface area contributed by atoms with Gasteiger partial charge in [0.05, 0.1) is 11.1 Å². The van der Waals surface area contributed by atoms with Gasteiger partial charge in [-0.05, 0) is 25.8 Å². The van der Waals surface area contributed by atoms with Crippen LogP contribution in [0.3, 0.4) is 0 Å². The minimum Gasteiger partial charge on any atom is -0.481 e. The van der Waals surface area contributed by atoms with Gasteiger partial charge >= 0.3 is 5.97 Å². The van der Waals surface area contributed by atoms with Crippen molar-refractivity contribution in [1.29, 1.82) is 0 Å². The molecule has 0 saturated heterocycles. The monoisotopic (exact) mass is 250 g/mol. The SMILES string of the molecule is Cc1cc(CC2(C(=O)O)CCCCCC2)n(C)n1. The number of hydrogen-bond acceptors (Lipinski definition) is 2. The maximum atomic E-state index is 11.7. The first-order valence-corrected chi connectivity index (χ1v) is 6.76. The Morgan fingerprint density at radius 2 is 2.00 bits per heavy atom. The van der Waals surface area contributed by atoms with Crippen LogP contribution in [-0.4, -0.2) is 20.9 Å². The Hall–Kier alpha value is -1.32. The van der Waals surface area contributed by atoms with E-state index in [0.717, 1.165) is 37.1 Å². The summed E-state index contributed by atoms with van der Waals surface area (Å²) in [7, 11) is 1.90. The quantitative estimate of drug-likeness (QED) is 0.839. The van der Waals surface area contributed by atoms with E-state index in [1.54, 1.807) is 0 Å². The maximum absolute atomic E-state index is 11.7. The lowest BCUT2D eigenvalue weighted by atomic mass is 9.76. The zero-order valence-electron chi connectivity index (χ0n) is 11.3. The van der Waals surface area contributed by atoms with Gasteiger partial charge in [-0.3, -0.25) is 9.48 Å². The van der Waals surface area contributed by atoms with Gasteiger partial charge in [0.2, 0.25) is 0 Å². The fourth-order valence-electron chi connectivity index (χ4n) is 3.05. The van der Waals surface area contributed by atoms with Crippen LogP contribution in [0.25, 0.3) is 0 Å². The van der Waals surface area contributed by atoms with Gasteiger partial charge in [-0.25, -0.2) is 0 Å². The number of aryl methyl sites for hydroxylation is 2. The van der Waals surface area contributed by atoms with E-state index in [0.29, 0.717) is 6.42 Å². The molecule has 0 radical (unpaired) electrons. The Bertz CT molecular complexity index is 429. The highest BCUT2D eigenvalue weighted by Gasteiger charge is 2.39. The number of hydrogen-bond donors (Lipinski definition) is 1. The van der Waals surface area contributed by atoms with E-state index in [2.05, 4.69) is 5.10 Å². The predicted octanol–water partition coefficient (Wildman–Crippen LogP) is 2.70. The molecule has 0 aliphatic heterocycles. The number of aromatic nitrogens is 2. The van der Waals surface area contributed by atoms with E-state index >= 15 is 0 Å². The molecule has 0 bridgehead atoms. The third-order valence-electron chi connectivity index (χ3n) is 4.13. The summed E-state index contributed by atoms with van der Waals surface area (Å²) >= 11 is 0. The van der Waals surface area contributed by atoms with E-state index < -0.39 is 11.4 Å². The largest absolute Gasteiger partial charge is 0.481 e. The molecule has 1 saturated carbocycles. The summed E-state index contributed by atoms with van der Waals surface area (Å²) in [5, 5.41) is 14.0. The van der Waals surface area contributed by atoms with E-state index in [-0.39, 0.29) is 0 Å². The van der Waals surface area contributed by atoms with Crippen LogP contribution in [0.15, 0.2) is 6.07 Å². The molecule has 1 aromatic heterocycles. The zero-order valence-corrected chi connectivity index (χ0v) is 11.3. The Morgan fingerprint density at radius 3 is 2.44 bits per heavy atom. The molecule has 4 nitrogen and oxygen atoms in total. The molecule has 1 fully saturated rings. The second kappa shape index (κ2) is 5.12. The average Bonchev–Trinajstić information content (AvgIpc) is 2.54. The third kappa shape index (κ3) is 2.57. The molecule has 0 unspecified atom stereocenters.